The number of nitrogens with one attached hydrogen (secondary N) is 1. The Morgan fingerprint density at radius 1 is 1.69 bits per heavy atom. The van der Waals surface area contributed by atoms with Crippen LogP contribution in [0.4, 0.5) is 10.1 Å². The molecule has 1 rings (SSSR count). The molecule has 7 heteroatoms. The molecule has 0 atom stereocenters. The Kier molecular flexibility index (Phi) is 4.19. The topological polar surface area (TPSA) is 88.3 Å². The fraction of sp³-hybridized carbons (Fsp3) is 0.667. The van der Waals surface area contributed by atoms with E-state index in [2.05, 4.69) is 10.3 Å². The van der Waals surface area contributed by atoms with Gasteiger partial charge in [-0.15, -0.1) is 0 Å². The van der Waals surface area contributed by atoms with Crippen molar-refractivity contribution in [2.45, 2.75) is 20.3 Å². The Morgan fingerprint density at radius 2 is 2.38 bits per heavy atom. The fourth-order valence-corrected chi connectivity index (χ4v) is 1.77. The van der Waals surface area contributed by atoms with Gasteiger partial charge in [-0.25, -0.2) is 4.98 Å². The summed E-state index contributed by atoms with van der Waals surface area (Å²) in [5, 5.41) is 22.9. The summed E-state index contributed by atoms with van der Waals surface area (Å²) in [4.78, 5) is 13.9. The van der Waals surface area contributed by atoms with E-state index in [0.717, 1.165) is 11.3 Å². The summed E-state index contributed by atoms with van der Waals surface area (Å²) in [6.07, 6.45) is 1.92. The van der Waals surface area contributed by atoms with Crippen molar-refractivity contribution in [3.8, 4) is 0 Å². The minimum Gasteiger partial charge on any atom is -0.396 e. The Bertz CT molecular complexity index is 365. The van der Waals surface area contributed by atoms with Crippen molar-refractivity contribution in [1.29, 1.82) is 0 Å². The smallest absolute Gasteiger partial charge is 0.345 e. The van der Waals surface area contributed by atoms with E-state index in [0.29, 0.717) is 18.1 Å². The molecule has 0 unspecified atom stereocenters. The first-order valence-corrected chi connectivity index (χ1v) is 5.71. The minimum absolute atomic E-state index is 0.0301. The van der Waals surface area contributed by atoms with Gasteiger partial charge in [0.25, 0.3) is 0 Å². The van der Waals surface area contributed by atoms with Gasteiger partial charge in [0.05, 0.1) is 4.92 Å². The molecule has 16 heavy (non-hydrogen) atoms. The molecule has 6 nitrogen and oxygen atoms in total. The van der Waals surface area contributed by atoms with Gasteiger partial charge in [0.1, 0.15) is 6.20 Å². The quantitative estimate of drug-likeness (QED) is 0.590. The van der Waals surface area contributed by atoms with Crippen molar-refractivity contribution in [3.05, 3.63) is 16.3 Å². The zero-order valence-electron chi connectivity index (χ0n) is 9.27. The summed E-state index contributed by atoms with van der Waals surface area (Å²) in [6.45, 7) is 4.78. The highest BCUT2D eigenvalue weighted by molar-refractivity contribution is 7.18. The van der Waals surface area contributed by atoms with E-state index in [1.54, 1.807) is 0 Å². The van der Waals surface area contributed by atoms with E-state index in [1.807, 2.05) is 13.8 Å². The summed E-state index contributed by atoms with van der Waals surface area (Å²) in [6, 6.07) is 0. The standard InChI is InChI=1S/C9H15N3O3S/c1-9(2,3-4-13)6-11-8-10-5-7(16-8)12(14)15/h5,13H,3-4,6H2,1-2H3,(H,10,11). The number of aromatic nitrogens is 1. The van der Waals surface area contributed by atoms with Crippen LogP contribution in [-0.4, -0.2) is 28.2 Å². The van der Waals surface area contributed by atoms with Crippen LogP contribution < -0.4 is 5.32 Å². The zero-order valence-corrected chi connectivity index (χ0v) is 10.1. The molecular formula is C9H15N3O3S. The number of hydrogen-bond donors (Lipinski definition) is 2. The summed E-state index contributed by atoms with van der Waals surface area (Å²) >= 11 is 1.02. The van der Waals surface area contributed by atoms with Crippen LogP contribution in [0.5, 0.6) is 0 Å². The highest BCUT2D eigenvalue weighted by atomic mass is 32.1. The lowest BCUT2D eigenvalue weighted by Crippen LogP contribution is -2.24. The minimum atomic E-state index is -0.457. The van der Waals surface area contributed by atoms with Gasteiger partial charge in [-0.05, 0) is 23.2 Å². The maximum atomic E-state index is 10.4. The van der Waals surface area contributed by atoms with Gasteiger partial charge in [0.15, 0.2) is 5.13 Å². The number of nitrogens with zero attached hydrogens (tertiary/aromatic N) is 2. The number of hydrogen-bond acceptors (Lipinski definition) is 6. The van der Waals surface area contributed by atoms with Crippen molar-refractivity contribution < 1.29 is 10.0 Å². The number of rotatable bonds is 6. The predicted octanol–water partition coefficient (Wildman–Crippen LogP) is 1.87. The summed E-state index contributed by atoms with van der Waals surface area (Å²) in [7, 11) is 0. The first-order chi connectivity index (χ1) is 7.44. The Labute approximate surface area is 97.5 Å². The second-order valence-electron chi connectivity index (χ2n) is 4.25. The first kappa shape index (κ1) is 12.9. The normalized spacial score (nSPS) is 11.4. The second-order valence-corrected chi connectivity index (χ2v) is 5.26. The molecule has 1 aromatic heterocycles. The second kappa shape index (κ2) is 5.22. The fourth-order valence-electron chi connectivity index (χ4n) is 1.14. The van der Waals surface area contributed by atoms with Crippen LogP contribution >= 0.6 is 11.3 Å². The lowest BCUT2D eigenvalue weighted by atomic mass is 9.90. The maximum Gasteiger partial charge on any atom is 0.345 e. The summed E-state index contributed by atoms with van der Waals surface area (Å²) < 4.78 is 0. The van der Waals surface area contributed by atoms with Crippen LogP contribution in [0.3, 0.4) is 0 Å². The Balaban J connectivity index is 2.51. The molecule has 0 amide bonds. The molecule has 0 saturated carbocycles. The van der Waals surface area contributed by atoms with Gasteiger partial charge in [0, 0.05) is 13.2 Å². The average molecular weight is 245 g/mol. The van der Waals surface area contributed by atoms with Crippen molar-refractivity contribution in [1.82, 2.24) is 4.98 Å². The van der Waals surface area contributed by atoms with Gasteiger partial charge in [-0.1, -0.05) is 13.8 Å². The third-order valence-corrected chi connectivity index (χ3v) is 3.09. The Morgan fingerprint density at radius 3 is 2.88 bits per heavy atom. The zero-order chi connectivity index (χ0) is 12.2. The third kappa shape index (κ3) is 3.74. The highest BCUT2D eigenvalue weighted by Crippen LogP contribution is 2.27. The van der Waals surface area contributed by atoms with Crippen LogP contribution in [0.2, 0.25) is 0 Å². The van der Waals surface area contributed by atoms with Gasteiger partial charge >= 0.3 is 5.00 Å². The molecule has 0 saturated heterocycles. The number of anilines is 1. The number of thiazole rings is 1. The molecule has 2 N–H and O–H groups in total. The van der Waals surface area contributed by atoms with Crippen molar-refractivity contribution >= 4 is 21.5 Å². The van der Waals surface area contributed by atoms with E-state index in [4.69, 9.17) is 5.11 Å². The number of aliphatic hydroxyl groups excluding tert-OH is 1. The van der Waals surface area contributed by atoms with E-state index < -0.39 is 4.92 Å². The average Bonchev–Trinajstić information content (AvgIpc) is 2.63. The summed E-state index contributed by atoms with van der Waals surface area (Å²) in [5.41, 5.74) is -0.0603. The van der Waals surface area contributed by atoms with Crippen molar-refractivity contribution in [2.75, 3.05) is 18.5 Å². The molecule has 0 fully saturated rings. The molecule has 0 spiro atoms. The molecule has 0 bridgehead atoms. The monoisotopic (exact) mass is 245 g/mol. The molecule has 1 heterocycles. The van der Waals surface area contributed by atoms with Gasteiger partial charge < -0.3 is 10.4 Å². The molecule has 0 aliphatic rings. The third-order valence-electron chi connectivity index (χ3n) is 2.18. The Hall–Kier alpha value is -1.21. The highest BCUT2D eigenvalue weighted by Gasteiger charge is 2.18. The molecular weight excluding hydrogens is 230 g/mol. The largest absolute Gasteiger partial charge is 0.396 e. The maximum absolute atomic E-state index is 10.4. The lowest BCUT2D eigenvalue weighted by Gasteiger charge is -2.23. The van der Waals surface area contributed by atoms with Gasteiger partial charge in [0.2, 0.25) is 0 Å². The number of nitro groups is 1. The van der Waals surface area contributed by atoms with E-state index in [-0.39, 0.29) is 17.0 Å². The van der Waals surface area contributed by atoms with E-state index in [9.17, 15) is 10.1 Å². The SMILES string of the molecule is CC(C)(CCO)CNc1ncc([N+](=O)[O-])s1. The van der Waals surface area contributed by atoms with E-state index in [1.165, 1.54) is 6.20 Å². The molecule has 0 aromatic carbocycles. The molecule has 0 aliphatic carbocycles. The molecule has 0 radical (unpaired) electrons. The first-order valence-electron chi connectivity index (χ1n) is 4.89. The van der Waals surface area contributed by atoms with Crippen LogP contribution in [0.1, 0.15) is 20.3 Å². The van der Waals surface area contributed by atoms with Crippen LogP contribution in [0.15, 0.2) is 6.20 Å². The van der Waals surface area contributed by atoms with Gasteiger partial charge in [-0.3, -0.25) is 10.1 Å². The lowest BCUT2D eigenvalue weighted by molar-refractivity contribution is -0.380. The summed E-state index contributed by atoms with van der Waals surface area (Å²) in [5.74, 6) is 0. The van der Waals surface area contributed by atoms with Crippen LogP contribution in [-0.2, 0) is 0 Å². The van der Waals surface area contributed by atoms with Crippen molar-refractivity contribution in [2.24, 2.45) is 5.41 Å². The molecule has 90 valence electrons. The predicted molar refractivity (Wildman–Crippen MR) is 62.7 cm³/mol. The van der Waals surface area contributed by atoms with Crippen molar-refractivity contribution in [3.63, 3.8) is 0 Å². The van der Waals surface area contributed by atoms with Crippen LogP contribution in [0, 0.1) is 15.5 Å². The number of aliphatic hydroxyl groups is 1. The van der Waals surface area contributed by atoms with Gasteiger partial charge in [-0.2, -0.15) is 0 Å². The molecule has 1 aromatic rings. The van der Waals surface area contributed by atoms with Crippen LogP contribution in [0.25, 0.3) is 0 Å². The van der Waals surface area contributed by atoms with E-state index >= 15 is 0 Å². The molecule has 0 aliphatic heterocycles.